The van der Waals surface area contributed by atoms with Gasteiger partial charge in [-0.3, -0.25) is 0 Å². The van der Waals surface area contributed by atoms with E-state index in [9.17, 15) is 21.2 Å². The van der Waals surface area contributed by atoms with Crippen LogP contribution in [0.5, 0.6) is 0 Å². The molecule has 0 N–H and O–H groups in total. The predicted molar refractivity (Wildman–Crippen MR) is 74.1 cm³/mol. The molecule has 20 heavy (non-hydrogen) atoms. The van der Waals surface area contributed by atoms with Crippen LogP contribution in [-0.2, 0) is 19.1 Å². The Balaban J connectivity index is 3.31. The lowest BCUT2D eigenvalue weighted by Crippen LogP contribution is -2.29. The van der Waals surface area contributed by atoms with Gasteiger partial charge >= 0.3 is 0 Å². The Kier molecular flexibility index (Phi) is 4.96. The Morgan fingerprint density at radius 1 is 1.35 bits per heavy atom. The lowest BCUT2D eigenvalue weighted by molar-refractivity contribution is 0.483. The molecule has 0 unspecified atom stereocenters. The van der Waals surface area contributed by atoms with Crippen molar-refractivity contribution in [2.45, 2.75) is 16.7 Å². The minimum absolute atomic E-state index is 0.0251. The Hall–Kier alpha value is -0.960. The van der Waals surface area contributed by atoms with E-state index >= 15 is 0 Å². The highest BCUT2D eigenvalue weighted by molar-refractivity contribution is 8.13. The molecule has 5 nitrogen and oxygen atoms in total. The van der Waals surface area contributed by atoms with Crippen molar-refractivity contribution < 1.29 is 21.2 Å². The van der Waals surface area contributed by atoms with Crippen LogP contribution in [-0.4, -0.2) is 34.7 Å². The summed E-state index contributed by atoms with van der Waals surface area (Å²) in [6, 6.07) is 2.38. The molecule has 0 aromatic heterocycles. The van der Waals surface area contributed by atoms with Gasteiger partial charge in [0.05, 0.1) is 4.90 Å². The lowest BCUT2D eigenvalue weighted by Gasteiger charge is -2.17. The summed E-state index contributed by atoms with van der Waals surface area (Å²) in [5.41, 5.74) is 0.580. The fourth-order valence-electron chi connectivity index (χ4n) is 1.48. The zero-order chi connectivity index (χ0) is 15.7. The predicted octanol–water partition coefficient (Wildman–Crippen LogP) is 1.95. The van der Waals surface area contributed by atoms with E-state index in [0.717, 1.165) is 16.4 Å². The molecular formula is C11H13ClFNO4S2. The van der Waals surface area contributed by atoms with E-state index < -0.39 is 34.7 Å². The van der Waals surface area contributed by atoms with Crippen molar-refractivity contribution in [2.24, 2.45) is 0 Å². The molecule has 0 heterocycles. The van der Waals surface area contributed by atoms with Gasteiger partial charge in [-0.05, 0) is 25.1 Å². The highest BCUT2D eigenvalue weighted by atomic mass is 35.7. The molecule has 9 heteroatoms. The van der Waals surface area contributed by atoms with Crippen LogP contribution in [0.1, 0.15) is 6.92 Å². The van der Waals surface area contributed by atoms with Crippen LogP contribution in [0.15, 0.2) is 40.1 Å². The Morgan fingerprint density at radius 2 is 1.90 bits per heavy atom. The van der Waals surface area contributed by atoms with Crippen molar-refractivity contribution >= 4 is 29.8 Å². The van der Waals surface area contributed by atoms with Gasteiger partial charge in [0.1, 0.15) is 10.7 Å². The van der Waals surface area contributed by atoms with Crippen molar-refractivity contribution in [3.63, 3.8) is 0 Å². The second kappa shape index (κ2) is 5.80. The van der Waals surface area contributed by atoms with Crippen molar-refractivity contribution in [2.75, 3.05) is 13.6 Å². The van der Waals surface area contributed by atoms with Gasteiger partial charge in [0, 0.05) is 24.3 Å². The molecule has 0 saturated carbocycles. The summed E-state index contributed by atoms with van der Waals surface area (Å²) in [6.07, 6.45) is 0. The second-order valence-electron chi connectivity index (χ2n) is 4.25. The third-order valence-electron chi connectivity index (χ3n) is 2.37. The summed E-state index contributed by atoms with van der Waals surface area (Å²) < 4.78 is 61.1. The Bertz CT molecular complexity index is 744. The van der Waals surface area contributed by atoms with Gasteiger partial charge in [-0.2, -0.15) is 4.31 Å². The molecule has 1 aromatic rings. The first-order valence-electron chi connectivity index (χ1n) is 5.31. The maximum absolute atomic E-state index is 13.8. The van der Waals surface area contributed by atoms with E-state index in [-0.39, 0.29) is 6.54 Å². The van der Waals surface area contributed by atoms with Crippen LogP contribution in [0.3, 0.4) is 0 Å². The number of rotatable bonds is 5. The summed E-state index contributed by atoms with van der Waals surface area (Å²) in [6.45, 7) is 5.23. The molecule has 0 fully saturated rings. The quantitative estimate of drug-likeness (QED) is 0.606. The molecule has 0 radical (unpaired) electrons. The first-order chi connectivity index (χ1) is 8.96. The number of nitrogens with zero attached hydrogens (tertiary/aromatic N) is 1. The molecule has 1 rings (SSSR count). The SMILES string of the molecule is C=C(C)CN(C)S(=O)(=O)c1ccc(S(=O)(=O)Cl)cc1F. The third-order valence-corrected chi connectivity index (χ3v) is 5.55. The minimum Gasteiger partial charge on any atom is -0.207 e. The van der Waals surface area contributed by atoms with Gasteiger partial charge in [-0.1, -0.05) is 12.2 Å². The molecule has 0 atom stereocenters. The monoisotopic (exact) mass is 341 g/mol. The normalized spacial score (nSPS) is 12.7. The maximum Gasteiger partial charge on any atom is 0.261 e. The standard InChI is InChI=1S/C11H13ClFNO4S2/c1-8(2)7-14(3)20(17,18)11-5-4-9(6-10(11)13)19(12,15)16/h4-6H,1,7H2,2-3H3. The fraction of sp³-hybridized carbons (Fsp3) is 0.273. The zero-order valence-corrected chi connectivity index (χ0v) is 13.2. The topological polar surface area (TPSA) is 71.5 Å². The first-order valence-corrected chi connectivity index (χ1v) is 9.06. The molecule has 0 aliphatic rings. The largest absolute Gasteiger partial charge is 0.261 e. The third kappa shape index (κ3) is 3.78. The summed E-state index contributed by atoms with van der Waals surface area (Å²) in [5.74, 6) is -1.18. The van der Waals surface area contributed by atoms with Gasteiger partial charge in [-0.25, -0.2) is 21.2 Å². The Labute approximate surface area is 122 Å². The van der Waals surface area contributed by atoms with E-state index in [0.29, 0.717) is 11.6 Å². The fourth-order valence-corrected chi connectivity index (χ4v) is 3.51. The van der Waals surface area contributed by atoms with E-state index in [4.69, 9.17) is 10.7 Å². The maximum atomic E-state index is 13.8. The van der Waals surface area contributed by atoms with Crippen molar-refractivity contribution in [3.05, 3.63) is 36.2 Å². The van der Waals surface area contributed by atoms with Crippen LogP contribution in [0, 0.1) is 5.82 Å². The van der Waals surface area contributed by atoms with E-state index in [2.05, 4.69) is 6.58 Å². The average molecular weight is 342 g/mol. The summed E-state index contributed by atoms with van der Waals surface area (Å²) >= 11 is 0. The van der Waals surface area contributed by atoms with Crippen LogP contribution < -0.4 is 0 Å². The van der Waals surface area contributed by atoms with Crippen LogP contribution in [0.25, 0.3) is 0 Å². The Morgan fingerprint density at radius 3 is 2.30 bits per heavy atom. The summed E-state index contributed by atoms with van der Waals surface area (Å²) in [4.78, 5) is -1.12. The summed E-state index contributed by atoms with van der Waals surface area (Å²) in [7, 11) is -1.85. The molecule has 1 aromatic carbocycles. The van der Waals surface area contributed by atoms with Crippen LogP contribution in [0.2, 0.25) is 0 Å². The number of likely N-dealkylation sites (N-methyl/N-ethyl adjacent to an activating group) is 1. The lowest BCUT2D eigenvalue weighted by atomic mass is 10.3. The molecule has 0 spiro atoms. The molecular weight excluding hydrogens is 329 g/mol. The van der Waals surface area contributed by atoms with Crippen molar-refractivity contribution in [1.82, 2.24) is 4.31 Å². The molecule has 0 amide bonds. The van der Waals surface area contributed by atoms with E-state index in [1.165, 1.54) is 7.05 Å². The second-order valence-corrected chi connectivity index (χ2v) is 8.83. The van der Waals surface area contributed by atoms with Gasteiger partial charge in [0.25, 0.3) is 9.05 Å². The first kappa shape index (κ1) is 17.1. The van der Waals surface area contributed by atoms with Crippen molar-refractivity contribution in [1.29, 1.82) is 0 Å². The van der Waals surface area contributed by atoms with E-state index in [1.54, 1.807) is 6.92 Å². The summed E-state index contributed by atoms with van der Waals surface area (Å²) in [5, 5.41) is 0. The molecule has 0 saturated heterocycles. The van der Waals surface area contributed by atoms with Crippen LogP contribution in [0.4, 0.5) is 4.39 Å². The number of hydrogen-bond donors (Lipinski definition) is 0. The number of hydrogen-bond acceptors (Lipinski definition) is 4. The van der Waals surface area contributed by atoms with Gasteiger partial charge in [0.2, 0.25) is 10.0 Å². The van der Waals surface area contributed by atoms with Gasteiger partial charge in [0.15, 0.2) is 0 Å². The zero-order valence-electron chi connectivity index (χ0n) is 10.8. The van der Waals surface area contributed by atoms with Crippen LogP contribution >= 0.6 is 10.7 Å². The smallest absolute Gasteiger partial charge is 0.207 e. The number of sulfonamides is 1. The molecule has 0 aliphatic carbocycles. The average Bonchev–Trinajstić information content (AvgIpc) is 2.26. The molecule has 0 bridgehead atoms. The van der Waals surface area contributed by atoms with Crippen molar-refractivity contribution in [3.8, 4) is 0 Å². The minimum atomic E-state index is -4.12. The molecule has 112 valence electrons. The van der Waals surface area contributed by atoms with E-state index in [1.807, 2.05) is 0 Å². The molecule has 0 aliphatic heterocycles. The van der Waals surface area contributed by atoms with Gasteiger partial charge in [-0.15, -0.1) is 0 Å². The number of halogens is 2. The number of benzene rings is 1. The highest BCUT2D eigenvalue weighted by Crippen LogP contribution is 2.23. The highest BCUT2D eigenvalue weighted by Gasteiger charge is 2.25. The van der Waals surface area contributed by atoms with Gasteiger partial charge < -0.3 is 0 Å².